The molecule has 2 aromatic carbocycles. The number of aromatic nitrogens is 3. The summed E-state index contributed by atoms with van der Waals surface area (Å²) in [6, 6.07) is 18.5. The zero-order valence-corrected chi connectivity index (χ0v) is 22.6. The van der Waals surface area contributed by atoms with Crippen molar-refractivity contribution in [1.29, 1.82) is 5.26 Å². The normalized spacial score (nSPS) is 11.9. The average molecular weight is 546 g/mol. The number of carbonyl (C=O) groups excluding carboxylic acids is 1. The van der Waals surface area contributed by atoms with E-state index in [-0.39, 0.29) is 10.4 Å². The molecule has 0 aliphatic carbocycles. The van der Waals surface area contributed by atoms with Crippen LogP contribution in [0.25, 0.3) is 5.69 Å². The minimum Gasteiger partial charge on any atom is -0.457 e. The minimum atomic E-state index is -0.923. The second-order valence-corrected chi connectivity index (χ2v) is 10.1. The molecule has 4 aromatic rings. The lowest BCUT2D eigenvalue weighted by molar-refractivity contribution is 0.144. The van der Waals surface area contributed by atoms with Crippen LogP contribution in [0.3, 0.4) is 0 Å². The molecule has 4 N–H and O–H groups in total. The lowest BCUT2D eigenvalue weighted by Crippen LogP contribution is -2.21. The van der Waals surface area contributed by atoms with Crippen LogP contribution in [0.1, 0.15) is 44.0 Å². The van der Waals surface area contributed by atoms with Crippen molar-refractivity contribution >= 4 is 29.1 Å². The first-order valence-electron chi connectivity index (χ1n) is 12.0. The second-order valence-electron chi connectivity index (χ2n) is 9.67. The van der Waals surface area contributed by atoms with Crippen LogP contribution in [0.5, 0.6) is 11.5 Å². The molecule has 200 valence electrons. The van der Waals surface area contributed by atoms with E-state index in [2.05, 4.69) is 32.1 Å². The molecule has 2 heterocycles. The number of carbonyl (C=O) groups is 1. The molecule has 2 amide bonds. The van der Waals surface area contributed by atoms with Crippen LogP contribution in [0, 0.1) is 11.3 Å². The van der Waals surface area contributed by atoms with Gasteiger partial charge in [-0.15, -0.1) is 0 Å². The van der Waals surface area contributed by atoms with Crippen LogP contribution in [-0.2, 0) is 5.41 Å². The van der Waals surface area contributed by atoms with Crippen molar-refractivity contribution < 1.29 is 14.6 Å². The van der Waals surface area contributed by atoms with Crippen molar-refractivity contribution in [3.63, 3.8) is 0 Å². The molecule has 0 saturated heterocycles. The quantitative estimate of drug-likeness (QED) is 0.217. The van der Waals surface area contributed by atoms with Gasteiger partial charge in [0, 0.05) is 29.8 Å². The van der Waals surface area contributed by atoms with Gasteiger partial charge in [-0.3, -0.25) is 15.6 Å². The van der Waals surface area contributed by atoms with Crippen molar-refractivity contribution in [3.8, 4) is 23.3 Å². The third-order valence-electron chi connectivity index (χ3n) is 5.67. The van der Waals surface area contributed by atoms with Gasteiger partial charge in [-0.05, 0) is 43.4 Å². The van der Waals surface area contributed by atoms with E-state index < -0.39 is 12.3 Å². The van der Waals surface area contributed by atoms with E-state index in [9.17, 15) is 15.2 Å². The fourth-order valence-corrected chi connectivity index (χ4v) is 3.81. The summed E-state index contributed by atoms with van der Waals surface area (Å²) in [5, 5.41) is 32.4. The van der Waals surface area contributed by atoms with Crippen molar-refractivity contribution in [2.75, 3.05) is 17.7 Å². The number of aliphatic hydroxyl groups excluding tert-OH is 1. The van der Waals surface area contributed by atoms with E-state index in [1.165, 1.54) is 6.20 Å². The number of urea groups is 1. The van der Waals surface area contributed by atoms with Gasteiger partial charge >= 0.3 is 6.03 Å². The summed E-state index contributed by atoms with van der Waals surface area (Å²) >= 11 is 6.44. The van der Waals surface area contributed by atoms with Crippen LogP contribution in [0.15, 0.2) is 66.9 Å². The predicted molar refractivity (Wildman–Crippen MR) is 149 cm³/mol. The number of nitriles is 1. The number of anilines is 2. The maximum Gasteiger partial charge on any atom is 0.324 e. The molecule has 1 unspecified atom stereocenters. The molecule has 0 radical (unpaired) electrons. The highest BCUT2D eigenvalue weighted by molar-refractivity contribution is 6.34. The summed E-state index contributed by atoms with van der Waals surface area (Å²) < 4.78 is 7.43. The summed E-state index contributed by atoms with van der Waals surface area (Å²) in [6.45, 7) is 6.07. The van der Waals surface area contributed by atoms with Gasteiger partial charge in [0.25, 0.3) is 0 Å². The largest absolute Gasteiger partial charge is 0.457 e. The number of benzene rings is 2. The van der Waals surface area contributed by atoms with Crippen molar-refractivity contribution in [2.24, 2.45) is 0 Å². The van der Waals surface area contributed by atoms with Gasteiger partial charge in [0.1, 0.15) is 23.5 Å². The van der Waals surface area contributed by atoms with Crippen LogP contribution < -0.4 is 20.7 Å². The summed E-state index contributed by atoms with van der Waals surface area (Å²) in [5.41, 5.74) is 2.39. The van der Waals surface area contributed by atoms with Gasteiger partial charge in [-0.2, -0.15) is 10.4 Å². The minimum absolute atomic E-state index is 0.262. The first kappa shape index (κ1) is 27.6. The smallest absolute Gasteiger partial charge is 0.324 e. The SMILES string of the molecule is CNC(O)c1cc(Oc2ccc(NC(=O)Nc3cc(C(C)(C)C)nn3-c3cccc(C#N)c3)c(Cl)c2)ccn1. The topological polar surface area (TPSA) is 137 Å². The lowest BCUT2D eigenvalue weighted by atomic mass is 9.92. The molecule has 0 aliphatic rings. The van der Waals surface area contributed by atoms with Gasteiger partial charge in [0.15, 0.2) is 0 Å². The molecule has 4 rings (SSSR count). The number of hydrogen-bond acceptors (Lipinski definition) is 7. The first-order chi connectivity index (χ1) is 18.6. The third-order valence-corrected chi connectivity index (χ3v) is 5.98. The lowest BCUT2D eigenvalue weighted by Gasteiger charge is -2.14. The Balaban J connectivity index is 1.51. The fraction of sp³-hybridized carbons (Fsp3) is 0.214. The molecule has 1 atom stereocenters. The highest BCUT2D eigenvalue weighted by Gasteiger charge is 2.22. The Labute approximate surface area is 231 Å². The molecular formula is C28H28ClN7O3. The monoisotopic (exact) mass is 545 g/mol. The van der Waals surface area contributed by atoms with E-state index >= 15 is 0 Å². The van der Waals surface area contributed by atoms with Crippen LogP contribution in [-0.4, -0.2) is 32.9 Å². The number of nitrogens with zero attached hydrogens (tertiary/aromatic N) is 4. The Bertz CT molecular complexity index is 1540. The fourth-order valence-electron chi connectivity index (χ4n) is 3.60. The van der Waals surface area contributed by atoms with Gasteiger partial charge in [0.2, 0.25) is 0 Å². The summed E-state index contributed by atoms with van der Waals surface area (Å²) in [7, 11) is 1.62. The van der Waals surface area contributed by atoms with Crippen LogP contribution in [0.2, 0.25) is 5.02 Å². The Hall–Kier alpha value is -4.43. The number of aliphatic hydroxyl groups is 1. The molecule has 0 saturated carbocycles. The van der Waals surface area contributed by atoms with Gasteiger partial charge in [-0.1, -0.05) is 38.4 Å². The molecular weight excluding hydrogens is 518 g/mol. The van der Waals surface area contributed by atoms with E-state index in [1.54, 1.807) is 66.3 Å². The number of ether oxygens (including phenoxy) is 1. The molecule has 0 spiro atoms. The Morgan fingerprint density at radius 1 is 1.10 bits per heavy atom. The summed E-state index contributed by atoms with van der Waals surface area (Å²) in [5.74, 6) is 1.33. The Morgan fingerprint density at radius 3 is 2.56 bits per heavy atom. The summed E-state index contributed by atoms with van der Waals surface area (Å²) in [6.07, 6.45) is 0.604. The Morgan fingerprint density at radius 2 is 1.87 bits per heavy atom. The third kappa shape index (κ3) is 6.72. The van der Waals surface area contributed by atoms with Gasteiger partial charge in [0.05, 0.1) is 39.4 Å². The molecule has 10 nitrogen and oxygen atoms in total. The van der Waals surface area contributed by atoms with Crippen molar-refractivity contribution in [3.05, 3.63) is 88.8 Å². The van der Waals surface area contributed by atoms with E-state index in [1.807, 2.05) is 26.8 Å². The van der Waals surface area contributed by atoms with E-state index in [4.69, 9.17) is 16.3 Å². The zero-order valence-electron chi connectivity index (χ0n) is 21.9. The number of nitrogens with one attached hydrogen (secondary N) is 3. The second kappa shape index (κ2) is 11.5. The predicted octanol–water partition coefficient (Wildman–Crippen LogP) is 5.74. The van der Waals surface area contributed by atoms with Gasteiger partial charge in [-0.25, -0.2) is 9.48 Å². The maximum atomic E-state index is 13.0. The molecule has 0 fully saturated rings. The van der Waals surface area contributed by atoms with Crippen molar-refractivity contribution in [1.82, 2.24) is 20.1 Å². The zero-order chi connectivity index (χ0) is 28.2. The number of hydrogen-bond donors (Lipinski definition) is 4. The highest BCUT2D eigenvalue weighted by Crippen LogP contribution is 2.31. The molecule has 0 bridgehead atoms. The summed E-state index contributed by atoms with van der Waals surface area (Å²) in [4.78, 5) is 17.1. The average Bonchev–Trinajstić information content (AvgIpc) is 3.34. The first-order valence-corrected chi connectivity index (χ1v) is 12.4. The number of amides is 2. The van der Waals surface area contributed by atoms with Crippen molar-refractivity contribution in [2.45, 2.75) is 32.4 Å². The number of rotatable bonds is 7. The number of pyridine rings is 1. The molecule has 2 aromatic heterocycles. The van der Waals surface area contributed by atoms with E-state index in [0.29, 0.717) is 39.9 Å². The Kier molecular flexibility index (Phi) is 8.16. The van der Waals surface area contributed by atoms with Gasteiger partial charge < -0.3 is 15.2 Å². The standard InChI is InChI=1S/C28H28ClN7O3/c1-28(2,3)24-15-25(36(35-24)18-7-5-6-17(12-18)16-30)34-27(38)33-22-9-8-19(13-21(22)29)39-20-10-11-32-23(14-20)26(37)31-4/h5-15,26,31,37H,1-4H3,(H2,33,34,38). The number of halogens is 1. The maximum absolute atomic E-state index is 13.0. The van der Waals surface area contributed by atoms with E-state index in [0.717, 1.165) is 5.69 Å². The van der Waals surface area contributed by atoms with Crippen LogP contribution in [0.4, 0.5) is 16.3 Å². The van der Waals surface area contributed by atoms with Crippen LogP contribution >= 0.6 is 11.6 Å². The molecule has 0 aliphatic heterocycles. The molecule has 39 heavy (non-hydrogen) atoms. The highest BCUT2D eigenvalue weighted by atomic mass is 35.5. The molecule has 11 heteroatoms.